The van der Waals surface area contributed by atoms with Crippen LogP contribution >= 0.6 is 0 Å². The van der Waals surface area contributed by atoms with Crippen LogP contribution in [0.3, 0.4) is 0 Å². The minimum atomic E-state index is -3.04. The molecule has 1 saturated heterocycles. The Morgan fingerprint density at radius 1 is 1.22 bits per heavy atom. The zero-order valence-corrected chi connectivity index (χ0v) is 17.1. The molecule has 2 atom stereocenters. The number of amides is 2. The lowest BCUT2D eigenvalue weighted by Gasteiger charge is -2.28. The zero-order chi connectivity index (χ0) is 20.0. The second-order valence-electron chi connectivity index (χ2n) is 7.37. The molecule has 0 radical (unpaired) electrons. The fourth-order valence-corrected chi connectivity index (χ4v) is 5.04. The number of aryl methyl sites for hydroxylation is 1. The maximum Gasteiger partial charge on any atom is 0.279 e. The van der Waals surface area contributed by atoms with Crippen molar-refractivity contribution in [2.45, 2.75) is 32.7 Å². The number of sulfone groups is 1. The molecule has 1 aliphatic rings. The summed E-state index contributed by atoms with van der Waals surface area (Å²) in [6.45, 7) is 4.82. The first-order valence-electron chi connectivity index (χ1n) is 9.38. The molecule has 0 aromatic heterocycles. The van der Waals surface area contributed by atoms with E-state index in [1.807, 2.05) is 38.1 Å². The molecular weight excluding hydrogens is 366 g/mol. The smallest absolute Gasteiger partial charge is 0.279 e. The van der Waals surface area contributed by atoms with Gasteiger partial charge in [-0.3, -0.25) is 9.59 Å². The molecule has 1 fully saturated rings. The van der Waals surface area contributed by atoms with Gasteiger partial charge in [-0.15, -0.1) is 0 Å². The quantitative estimate of drug-likeness (QED) is 0.641. The van der Waals surface area contributed by atoms with Crippen LogP contribution in [0.15, 0.2) is 24.3 Å². The SMILES string of the molecule is CCCN(C(=O)C[NH+](C)CC(=O)Nc1ccc(C)cc1)[C@H]1CCS(=O)(=O)C1. The van der Waals surface area contributed by atoms with Crippen LogP contribution in [0.2, 0.25) is 0 Å². The summed E-state index contributed by atoms with van der Waals surface area (Å²) in [5.41, 5.74) is 1.85. The topological polar surface area (TPSA) is 88.0 Å². The fourth-order valence-electron chi connectivity index (χ4n) is 3.31. The maximum absolute atomic E-state index is 12.7. The van der Waals surface area contributed by atoms with Crippen molar-refractivity contribution < 1.29 is 22.9 Å². The molecule has 0 aliphatic carbocycles. The van der Waals surface area contributed by atoms with Crippen molar-refractivity contribution in [2.24, 2.45) is 0 Å². The number of rotatable bonds is 8. The summed E-state index contributed by atoms with van der Waals surface area (Å²) in [6.07, 6.45) is 1.27. The number of carbonyl (C=O) groups is 2. The predicted octanol–water partition coefficient (Wildman–Crippen LogP) is -0.126. The van der Waals surface area contributed by atoms with Crippen molar-refractivity contribution >= 4 is 27.3 Å². The van der Waals surface area contributed by atoms with E-state index in [1.165, 1.54) is 0 Å². The molecule has 1 aromatic carbocycles. The summed E-state index contributed by atoms with van der Waals surface area (Å²) >= 11 is 0. The van der Waals surface area contributed by atoms with Gasteiger partial charge in [-0.1, -0.05) is 24.6 Å². The largest absolute Gasteiger partial charge is 0.334 e. The van der Waals surface area contributed by atoms with E-state index < -0.39 is 9.84 Å². The van der Waals surface area contributed by atoms with Crippen LogP contribution < -0.4 is 10.2 Å². The second-order valence-corrected chi connectivity index (χ2v) is 9.60. The van der Waals surface area contributed by atoms with Crippen LogP contribution in [-0.4, -0.2) is 69.4 Å². The van der Waals surface area contributed by atoms with Crippen molar-refractivity contribution in [1.29, 1.82) is 0 Å². The van der Waals surface area contributed by atoms with Crippen LogP contribution in [0.25, 0.3) is 0 Å². The number of anilines is 1. The number of hydrogen-bond donors (Lipinski definition) is 2. The Morgan fingerprint density at radius 2 is 1.89 bits per heavy atom. The van der Waals surface area contributed by atoms with Gasteiger partial charge in [0, 0.05) is 18.3 Å². The third kappa shape index (κ3) is 6.62. The predicted molar refractivity (Wildman–Crippen MR) is 105 cm³/mol. The number of likely N-dealkylation sites (N-methyl/N-ethyl adjacent to an activating group) is 1. The molecule has 2 amide bonds. The first-order valence-corrected chi connectivity index (χ1v) is 11.2. The molecule has 2 N–H and O–H groups in total. The van der Waals surface area contributed by atoms with E-state index >= 15 is 0 Å². The Bertz CT molecular complexity index is 762. The Morgan fingerprint density at radius 3 is 2.44 bits per heavy atom. The number of carbonyl (C=O) groups excluding carboxylic acids is 2. The first kappa shape index (κ1) is 21.4. The number of nitrogens with one attached hydrogen (secondary N) is 2. The maximum atomic E-state index is 12.7. The number of quaternary nitrogens is 1. The van der Waals surface area contributed by atoms with Gasteiger partial charge in [0.15, 0.2) is 22.9 Å². The Kier molecular flexibility index (Phi) is 7.38. The van der Waals surface area contributed by atoms with Gasteiger partial charge in [-0.05, 0) is 31.9 Å². The Hall–Kier alpha value is -1.93. The van der Waals surface area contributed by atoms with Crippen molar-refractivity contribution in [1.82, 2.24) is 4.90 Å². The van der Waals surface area contributed by atoms with Gasteiger partial charge in [-0.2, -0.15) is 0 Å². The fraction of sp³-hybridized carbons (Fsp3) is 0.579. The summed E-state index contributed by atoms with van der Waals surface area (Å²) < 4.78 is 23.5. The highest BCUT2D eigenvalue weighted by Crippen LogP contribution is 2.18. The molecule has 0 spiro atoms. The van der Waals surface area contributed by atoms with E-state index in [9.17, 15) is 18.0 Å². The van der Waals surface area contributed by atoms with Crippen molar-refractivity contribution in [2.75, 3.05) is 43.5 Å². The lowest BCUT2D eigenvalue weighted by Crippen LogP contribution is -3.11. The van der Waals surface area contributed by atoms with Gasteiger partial charge >= 0.3 is 0 Å². The highest BCUT2D eigenvalue weighted by Gasteiger charge is 2.35. The average molecular weight is 397 g/mol. The highest BCUT2D eigenvalue weighted by atomic mass is 32.2. The third-order valence-corrected chi connectivity index (χ3v) is 6.44. The molecule has 150 valence electrons. The van der Waals surface area contributed by atoms with E-state index in [0.717, 1.165) is 22.6 Å². The van der Waals surface area contributed by atoms with Gasteiger partial charge in [-0.25, -0.2) is 8.42 Å². The van der Waals surface area contributed by atoms with E-state index in [2.05, 4.69) is 5.32 Å². The molecule has 0 bridgehead atoms. The normalized spacial score (nSPS) is 19.4. The van der Waals surface area contributed by atoms with E-state index in [4.69, 9.17) is 0 Å². The molecule has 7 nitrogen and oxygen atoms in total. The van der Waals surface area contributed by atoms with Gasteiger partial charge in [0.05, 0.1) is 18.6 Å². The first-order chi connectivity index (χ1) is 12.7. The molecule has 1 aromatic rings. The van der Waals surface area contributed by atoms with Gasteiger partial charge in [0.1, 0.15) is 0 Å². The minimum Gasteiger partial charge on any atom is -0.334 e. The summed E-state index contributed by atoms with van der Waals surface area (Å²) in [4.78, 5) is 27.3. The molecule has 8 heteroatoms. The van der Waals surface area contributed by atoms with E-state index in [1.54, 1.807) is 11.9 Å². The molecule has 1 unspecified atom stereocenters. The standard InChI is InChI=1S/C19H29N3O4S/c1-4-10-22(17-9-11-27(25,26)14-17)19(24)13-21(3)12-18(23)20-16-7-5-15(2)6-8-16/h5-8,17H,4,9-14H2,1-3H3,(H,20,23)/p+1/t17-/m0/s1. The van der Waals surface area contributed by atoms with Gasteiger partial charge < -0.3 is 15.1 Å². The number of benzene rings is 1. The Labute approximate surface area is 161 Å². The highest BCUT2D eigenvalue weighted by molar-refractivity contribution is 7.91. The summed E-state index contributed by atoms with van der Waals surface area (Å²) in [5, 5.41) is 2.83. The van der Waals surface area contributed by atoms with E-state index in [-0.39, 0.29) is 42.5 Å². The molecular formula is C19H30N3O4S+. The molecule has 0 saturated carbocycles. The van der Waals surface area contributed by atoms with E-state index in [0.29, 0.717) is 13.0 Å². The monoisotopic (exact) mass is 396 g/mol. The van der Waals surface area contributed by atoms with Gasteiger partial charge in [0.2, 0.25) is 0 Å². The van der Waals surface area contributed by atoms with Crippen LogP contribution in [0.5, 0.6) is 0 Å². The minimum absolute atomic E-state index is 0.0473. The summed E-state index contributed by atoms with van der Waals surface area (Å²) in [5.74, 6) is -0.0624. The van der Waals surface area contributed by atoms with Crippen LogP contribution in [0, 0.1) is 6.92 Å². The summed E-state index contributed by atoms with van der Waals surface area (Å²) in [6, 6.07) is 7.30. The second kappa shape index (κ2) is 9.32. The van der Waals surface area contributed by atoms with Gasteiger partial charge in [0.25, 0.3) is 11.8 Å². The third-order valence-electron chi connectivity index (χ3n) is 4.68. The van der Waals surface area contributed by atoms with Crippen LogP contribution in [0.1, 0.15) is 25.3 Å². The van der Waals surface area contributed by atoms with Crippen LogP contribution in [-0.2, 0) is 19.4 Å². The number of nitrogens with zero attached hydrogens (tertiary/aromatic N) is 1. The molecule has 1 heterocycles. The molecule has 27 heavy (non-hydrogen) atoms. The lowest BCUT2D eigenvalue weighted by atomic mass is 10.2. The zero-order valence-electron chi connectivity index (χ0n) is 16.3. The van der Waals surface area contributed by atoms with Crippen LogP contribution in [0.4, 0.5) is 5.69 Å². The van der Waals surface area contributed by atoms with Crippen molar-refractivity contribution in [3.63, 3.8) is 0 Å². The molecule has 1 aliphatic heterocycles. The van der Waals surface area contributed by atoms with Crippen molar-refractivity contribution in [3.05, 3.63) is 29.8 Å². The molecule has 2 rings (SSSR count). The lowest BCUT2D eigenvalue weighted by molar-refractivity contribution is -0.862. The average Bonchev–Trinajstić information content (AvgIpc) is 2.94. The van der Waals surface area contributed by atoms with Crippen molar-refractivity contribution in [3.8, 4) is 0 Å². The summed E-state index contributed by atoms with van der Waals surface area (Å²) in [7, 11) is -1.25. The number of hydrogen-bond acceptors (Lipinski definition) is 4. The Balaban J connectivity index is 1.88.